The van der Waals surface area contributed by atoms with Gasteiger partial charge >= 0.3 is 0 Å². The SMILES string of the molecule is CCCNC(CC)c1ccc(-c2ccccc2CCC)o1. The first-order chi connectivity index (χ1) is 10.3. The van der Waals surface area contributed by atoms with Gasteiger partial charge in [0.05, 0.1) is 6.04 Å². The molecule has 21 heavy (non-hydrogen) atoms. The molecule has 2 heteroatoms. The van der Waals surface area contributed by atoms with Crippen molar-refractivity contribution in [3.63, 3.8) is 0 Å². The van der Waals surface area contributed by atoms with Gasteiger partial charge in [-0.25, -0.2) is 0 Å². The van der Waals surface area contributed by atoms with Gasteiger partial charge in [0.25, 0.3) is 0 Å². The molecule has 0 aliphatic carbocycles. The minimum absolute atomic E-state index is 0.317. The Bertz CT molecular complexity index is 544. The second-order valence-corrected chi connectivity index (χ2v) is 5.52. The third kappa shape index (κ3) is 3.98. The standard InChI is InChI=1S/C19H27NO/c1-4-9-15-10-7-8-11-16(15)18-12-13-19(21-18)17(6-3)20-14-5-2/h7-8,10-13,17,20H,4-6,9,14H2,1-3H3. The van der Waals surface area contributed by atoms with Crippen LogP contribution in [0, 0.1) is 0 Å². The molecular formula is C19H27NO. The summed E-state index contributed by atoms with van der Waals surface area (Å²) in [5.74, 6) is 2.04. The van der Waals surface area contributed by atoms with E-state index in [4.69, 9.17) is 4.42 Å². The molecule has 0 aliphatic rings. The van der Waals surface area contributed by atoms with Crippen LogP contribution in [0.3, 0.4) is 0 Å². The molecule has 1 atom stereocenters. The van der Waals surface area contributed by atoms with E-state index in [9.17, 15) is 0 Å². The highest BCUT2D eigenvalue weighted by Gasteiger charge is 2.14. The quantitative estimate of drug-likeness (QED) is 0.707. The lowest BCUT2D eigenvalue weighted by Crippen LogP contribution is -2.20. The third-order valence-electron chi connectivity index (χ3n) is 3.82. The highest BCUT2D eigenvalue weighted by molar-refractivity contribution is 5.62. The second kappa shape index (κ2) is 8.04. The molecule has 2 aromatic rings. The maximum atomic E-state index is 6.14. The minimum Gasteiger partial charge on any atom is -0.459 e. The molecule has 0 radical (unpaired) electrons. The maximum Gasteiger partial charge on any atom is 0.134 e. The van der Waals surface area contributed by atoms with Gasteiger partial charge in [-0.3, -0.25) is 0 Å². The van der Waals surface area contributed by atoms with Crippen molar-refractivity contribution in [2.45, 2.75) is 52.5 Å². The Balaban J connectivity index is 2.23. The van der Waals surface area contributed by atoms with Crippen molar-refractivity contribution in [1.29, 1.82) is 0 Å². The molecule has 0 aliphatic heterocycles. The van der Waals surface area contributed by atoms with Gasteiger partial charge in [-0.05, 0) is 43.5 Å². The average molecular weight is 285 g/mol. The Labute approximate surface area is 128 Å². The number of hydrogen-bond donors (Lipinski definition) is 1. The first-order valence-corrected chi connectivity index (χ1v) is 8.21. The Morgan fingerprint density at radius 3 is 2.52 bits per heavy atom. The summed E-state index contributed by atoms with van der Waals surface area (Å²) in [6.45, 7) is 7.63. The number of rotatable bonds is 8. The van der Waals surface area contributed by atoms with Gasteiger partial charge in [-0.2, -0.15) is 0 Å². The predicted molar refractivity (Wildman–Crippen MR) is 89.5 cm³/mol. The fourth-order valence-corrected chi connectivity index (χ4v) is 2.70. The monoisotopic (exact) mass is 285 g/mol. The average Bonchev–Trinajstić information content (AvgIpc) is 2.99. The lowest BCUT2D eigenvalue weighted by Gasteiger charge is -2.14. The summed E-state index contributed by atoms with van der Waals surface area (Å²) in [6.07, 6.45) is 4.44. The lowest BCUT2D eigenvalue weighted by atomic mass is 10.0. The summed E-state index contributed by atoms with van der Waals surface area (Å²) in [4.78, 5) is 0. The zero-order valence-electron chi connectivity index (χ0n) is 13.5. The largest absolute Gasteiger partial charge is 0.459 e. The molecule has 0 saturated heterocycles. The first kappa shape index (κ1) is 15.8. The summed E-state index contributed by atoms with van der Waals surface area (Å²) in [6, 6.07) is 13.1. The normalized spacial score (nSPS) is 12.5. The zero-order chi connectivity index (χ0) is 15.1. The Morgan fingerprint density at radius 2 is 1.81 bits per heavy atom. The first-order valence-electron chi connectivity index (χ1n) is 8.21. The van der Waals surface area contributed by atoms with Crippen LogP contribution in [0.2, 0.25) is 0 Å². The zero-order valence-corrected chi connectivity index (χ0v) is 13.5. The van der Waals surface area contributed by atoms with Crippen molar-refractivity contribution in [3.8, 4) is 11.3 Å². The third-order valence-corrected chi connectivity index (χ3v) is 3.82. The molecular weight excluding hydrogens is 258 g/mol. The fraction of sp³-hybridized carbons (Fsp3) is 0.474. The minimum atomic E-state index is 0.317. The maximum absolute atomic E-state index is 6.14. The van der Waals surface area contributed by atoms with E-state index in [0.29, 0.717) is 6.04 Å². The molecule has 114 valence electrons. The van der Waals surface area contributed by atoms with Gasteiger partial charge in [0, 0.05) is 5.56 Å². The van der Waals surface area contributed by atoms with Crippen LogP contribution in [-0.4, -0.2) is 6.54 Å². The van der Waals surface area contributed by atoms with Crippen molar-refractivity contribution in [2.24, 2.45) is 0 Å². The highest BCUT2D eigenvalue weighted by Crippen LogP contribution is 2.29. The molecule has 0 bridgehead atoms. The van der Waals surface area contributed by atoms with E-state index >= 15 is 0 Å². The molecule has 0 fully saturated rings. The van der Waals surface area contributed by atoms with Gasteiger partial charge in [-0.15, -0.1) is 0 Å². The Hall–Kier alpha value is -1.54. The van der Waals surface area contributed by atoms with E-state index < -0.39 is 0 Å². The molecule has 0 spiro atoms. The number of hydrogen-bond acceptors (Lipinski definition) is 2. The summed E-state index contributed by atoms with van der Waals surface area (Å²) in [5.41, 5.74) is 2.60. The molecule has 1 heterocycles. The van der Waals surface area contributed by atoms with Gasteiger partial charge in [0.15, 0.2) is 0 Å². The van der Waals surface area contributed by atoms with Gasteiger partial charge in [0.1, 0.15) is 11.5 Å². The van der Waals surface area contributed by atoms with Crippen LogP contribution in [0.1, 0.15) is 57.4 Å². The molecule has 1 unspecified atom stereocenters. The molecule has 0 amide bonds. The number of aryl methyl sites for hydroxylation is 1. The van der Waals surface area contributed by atoms with Crippen LogP contribution >= 0.6 is 0 Å². The lowest BCUT2D eigenvalue weighted by molar-refractivity contribution is 0.411. The van der Waals surface area contributed by atoms with Crippen molar-refractivity contribution in [2.75, 3.05) is 6.54 Å². The van der Waals surface area contributed by atoms with E-state index in [2.05, 4.69) is 62.5 Å². The van der Waals surface area contributed by atoms with E-state index in [1.165, 1.54) is 11.1 Å². The van der Waals surface area contributed by atoms with E-state index in [-0.39, 0.29) is 0 Å². The summed E-state index contributed by atoms with van der Waals surface area (Å²) in [7, 11) is 0. The topological polar surface area (TPSA) is 25.2 Å². The summed E-state index contributed by atoms with van der Waals surface area (Å²) < 4.78 is 6.14. The van der Waals surface area contributed by atoms with Crippen LogP contribution in [0.25, 0.3) is 11.3 Å². The van der Waals surface area contributed by atoms with Gasteiger partial charge in [0.2, 0.25) is 0 Å². The number of furan rings is 1. The molecule has 1 N–H and O–H groups in total. The van der Waals surface area contributed by atoms with Crippen molar-refractivity contribution < 1.29 is 4.42 Å². The van der Waals surface area contributed by atoms with E-state index in [0.717, 1.165) is 43.7 Å². The molecule has 2 rings (SSSR count). The van der Waals surface area contributed by atoms with Crippen molar-refractivity contribution in [3.05, 3.63) is 47.7 Å². The van der Waals surface area contributed by atoms with Crippen molar-refractivity contribution >= 4 is 0 Å². The molecule has 1 aromatic heterocycles. The Morgan fingerprint density at radius 1 is 1.00 bits per heavy atom. The van der Waals surface area contributed by atoms with Gasteiger partial charge in [-0.1, -0.05) is 51.5 Å². The van der Waals surface area contributed by atoms with Crippen LogP contribution < -0.4 is 5.32 Å². The summed E-state index contributed by atoms with van der Waals surface area (Å²) >= 11 is 0. The predicted octanol–water partition coefficient (Wildman–Crippen LogP) is 5.35. The van der Waals surface area contributed by atoms with Crippen LogP contribution in [0.4, 0.5) is 0 Å². The van der Waals surface area contributed by atoms with Crippen molar-refractivity contribution in [1.82, 2.24) is 5.32 Å². The smallest absolute Gasteiger partial charge is 0.134 e. The molecule has 1 aromatic carbocycles. The molecule has 2 nitrogen and oxygen atoms in total. The Kier molecular flexibility index (Phi) is 6.06. The van der Waals surface area contributed by atoms with Gasteiger partial charge < -0.3 is 9.73 Å². The summed E-state index contributed by atoms with van der Waals surface area (Å²) in [5, 5.41) is 3.55. The molecule has 0 saturated carbocycles. The highest BCUT2D eigenvalue weighted by atomic mass is 16.3. The van der Waals surface area contributed by atoms with E-state index in [1.807, 2.05) is 0 Å². The number of benzene rings is 1. The van der Waals surface area contributed by atoms with E-state index in [1.54, 1.807) is 0 Å². The van der Waals surface area contributed by atoms with Crippen LogP contribution in [0.5, 0.6) is 0 Å². The van der Waals surface area contributed by atoms with Crippen LogP contribution in [-0.2, 0) is 6.42 Å². The number of nitrogens with one attached hydrogen (secondary N) is 1. The second-order valence-electron chi connectivity index (χ2n) is 5.52. The van der Waals surface area contributed by atoms with Crippen LogP contribution in [0.15, 0.2) is 40.8 Å². The fourth-order valence-electron chi connectivity index (χ4n) is 2.70.